The minimum Gasteiger partial charge on any atom is -0.488 e. The van der Waals surface area contributed by atoms with E-state index < -0.39 is 0 Å². The van der Waals surface area contributed by atoms with Crippen LogP contribution in [0.1, 0.15) is 0 Å². The van der Waals surface area contributed by atoms with Crippen molar-refractivity contribution >= 4 is 11.6 Å². The zero-order chi connectivity index (χ0) is 15.4. The van der Waals surface area contributed by atoms with Gasteiger partial charge in [-0.1, -0.05) is 0 Å². The summed E-state index contributed by atoms with van der Waals surface area (Å²) in [4.78, 5) is 22.8. The summed E-state index contributed by atoms with van der Waals surface area (Å²) in [6.07, 6.45) is 3.34. The Balaban J connectivity index is 1.57. The Hall–Kier alpha value is -1.70. The first-order chi connectivity index (χ1) is 10.8. The van der Waals surface area contributed by atoms with Gasteiger partial charge in [-0.2, -0.15) is 0 Å². The molecule has 0 atom stereocenters. The van der Waals surface area contributed by atoms with Crippen LogP contribution in [0.2, 0.25) is 0 Å². The van der Waals surface area contributed by atoms with E-state index in [0.717, 1.165) is 31.9 Å². The molecule has 1 amide bonds. The van der Waals surface area contributed by atoms with Crippen molar-refractivity contribution in [3.8, 4) is 5.75 Å². The second-order valence-electron chi connectivity index (χ2n) is 5.58. The summed E-state index contributed by atoms with van der Waals surface area (Å²) in [6, 6.07) is 1.82. The van der Waals surface area contributed by atoms with Gasteiger partial charge >= 0.3 is 0 Å². The minimum absolute atomic E-state index is 0.103. The third-order valence-electron chi connectivity index (χ3n) is 4.17. The topological polar surface area (TPSA) is 69.1 Å². The summed E-state index contributed by atoms with van der Waals surface area (Å²) in [5.41, 5.74) is 0.810. The quantitative estimate of drug-likeness (QED) is 0.802. The van der Waals surface area contributed by atoms with Crippen molar-refractivity contribution in [2.24, 2.45) is 0 Å². The summed E-state index contributed by atoms with van der Waals surface area (Å²) in [6.45, 7) is 5.94. The molecule has 2 aliphatic rings. The minimum atomic E-state index is 0.103. The zero-order valence-corrected chi connectivity index (χ0v) is 12.6. The van der Waals surface area contributed by atoms with E-state index in [4.69, 9.17) is 9.84 Å². The first-order valence-corrected chi connectivity index (χ1v) is 7.70. The number of hydrogen-bond acceptors (Lipinski definition) is 6. The average Bonchev–Trinajstić information content (AvgIpc) is 2.56. The first kappa shape index (κ1) is 15.2. The maximum absolute atomic E-state index is 12.6. The van der Waals surface area contributed by atoms with Crippen LogP contribution in [0.25, 0.3) is 0 Å². The second kappa shape index (κ2) is 7.04. The van der Waals surface area contributed by atoms with Gasteiger partial charge in [0.15, 0.2) is 5.75 Å². The van der Waals surface area contributed by atoms with Gasteiger partial charge in [-0.15, -0.1) is 0 Å². The van der Waals surface area contributed by atoms with Crippen LogP contribution in [0.15, 0.2) is 18.5 Å². The fraction of sp³-hybridized carbons (Fsp3) is 0.600. The Kier molecular flexibility index (Phi) is 4.87. The van der Waals surface area contributed by atoms with Crippen molar-refractivity contribution in [2.45, 2.75) is 0 Å². The van der Waals surface area contributed by atoms with E-state index in [9.17, 15) is 4.79 Å². The first-order valence-electron chi connectivity index (χ1n) is 7.70. The molecule has 1 saturated heterocycles. The number of ether oxygens (including phenoxy) is 1. The number of anilines is 1. The van der Waals surface area contributed by atoms with Crippen LogP contribution in [0, 0.1) is 0 Å². The highest BCUT2D eigenvalue weighted by atomic mass is 16.5. The maximum atomic E-state index is 12.6. The van der Waals surface area contributed by atoms with Gasteiger partial charge in [-0.05, 0) is 6.07 Å². The molecule has 3 heterocycles. The Morgan fingerprint density at radius 2 is 2.00 bits per heavy atom. The number of piperazine rings is 1. The number of aromatic nitrogens is 1. The van der Waals surface area contributed by atoms with Gasteiger partial charge in [-0.25, -0.2) is 0 Å². The highest BCUT2D eigenvalue weighted by Crippen LogP contribution is 2.30. The van der Waals surface area contributed by atoms with Crippen LogP contribution >= 0.6 is 0 Å². The number of hydrogen-bond donors (Lipinski definition) is 1. The smallest absolute Gasteiger partial charge is 0.241 e. The van der Waals surface area contributed by atoms with Gasteiger partial charge in [0.1, 0.15) is 6.61 Å². The highest BCUT2D eigenvalue weighted by Gasteiger charge is 2.26. The van der Waals surface area contributed by atoms with Crippen LogP contribution in [0.4, 0.5) is 5.69 Å². The molecule has 1 aromatic rings. The lowest BCUT2D eigenvalue weighted by atomic mass is 10.2. The molecule has 2 aliphatic heterocycles. The molecule has 3 rings (SSSR count). The van der Waals surface area contributed by atoms with Crippen LogP contribution in [0.5, 0.6) is 5.75 Å². The lowest BCUT2D eigenvalue weighted by Crippen LogP contribution is -2.51. The van der Waals surface area contributed by atoms with Crippen LogP contribution in [-0.2, 0) is 4.79 Å². The van der Waals surface area contributed by atoms with Crippen LogP contribution in [0.3, 0.4) is 0 Å². The molecule has 0 spiro atoms. The molecule has 0 aromatic carbocycles. The fourth-order valence-electron chi connectivity index (χ4n) is 2.92. The van der Waals surface area contributed by atoms with Crippen molar-refractivity contribution in [3.05, 3.63) is 18.5 Å². The van der Waals surface area contributed by atoms with Gasteiger partial charge in [0.2, 0.25) is 5.91 Å². The van der Waals surface area contributed by atoms with E-state index in [-0.39, 0.29) is 12.5 Å². The number of pyridine rings is 1. The second-order valence-corrected chi connectivity index (χ2v) is 5.58. The lowest BCUT2D eigenvalue weighted by molar-refractivity contribution is -0.120. The van der Waals surface area contributed by atoms with Crippen molar-refractivity contribution in [1.29, 1.82) is 0 Å². The normalized spacial score (nSPS) is 19.6. The summed E-state index contributed by atoms with van der Waals surface area (Å²) in [5, 5.41) is 8.96. The monoisotopic (exact) mass is 306 g/mol. The average molecular weight is 306 g/mol. The number of β-amino-alcohol motifs (C(OH)–C–C–N with tert-alkyl or cyclic N) is 1. The Morgan fingerprint density at radius 3 is 2.77 bits per heavy atom. The Bertz CT molecular complexity index is 517. The number of fused-ring (bicyclic) bond motifs is 1. The predicted molar refractivity (Wildman–Crippen MR) is 82.1 cm³/mol. The van der Waals surface area contributed by atoms with Gasteiger partial charge in [0.05, 0.1) is 31.6 Å². The highest BCUT2D eigenvalue weighted by molar-refractivity contribution is 5.96. The molecule has 0 bridgehead atoms. The fourth-order valence-corrected chi connectivity index (χ4v) is 2.92. The molecule has 0 saturated carbocycles. The summed E-state index contributed by atoms with van der Waals surface area (Å²) >= 11 is 0. The van der Waals surface area contributed by atoms with Gasteiger partial charge < -0.3 is 14.7 Å². The number of aliphatic hydroxyl groups excluding tert-OH is 1. The molecule has 1 fully saturated rings. The summed E-state index contributed by atoms with van der Waals surface area (Å²) in [7, 11) is 0. The Labute approximate surface area is 130 Å². The molecule has 7 nitrogen and oxygen atoms in total. The maximum Gasteiger partial charge on any atom is 0.241 e. The van der Waals surface area contributed by atoms with Gasteiger partial charge in [0.25, 0.3) is 0 Å². The largest absolute Gasteiger partial charge is 0.488 e. The number of rotatable bonds is 4. The number of nitrogens with zero attached hydrogens (tertiary/aromatic N) is 4. The van der Waals surface area contributed by atoms with E-state index in [2.05, 4.69) is 14.8 Å². The molecule has 1 N–H and O–H groups in total. The Morgan fingerprint density at radius 1 is 1.23 bits per heavy atom. The standard InChI is InChI=1S/C15H22N4O3/c20-9-7-17-3-5-18(6-4-17)12-15(21)19-8-10-22-14-11-16-2-1-13(14)19/h1-2,11,20H,3-10,12H2. The van der Waals surface area contributed by atoms with Crippen molar-refractivity contribution < 1.29 is 14.6 Å². The van der Waals surface area contributed by atoms with Crippen molar-refractivity contribution in [2.75, 3.05) is 63.9 Å². The van der Waals surface area contributed by atoms with Gasteiger partial charge in [0, 0.05) is 38.9 Å². The van der Waals surface area contributed by atoms with E-state index in [0.29, 0.717) is 32.0 Å². The SMILES string of the molecule is O=C(CN1CCN(CCO)CC1)N1CCOc2cnccc21. The van der Waals surface area contributed by atoms with Crippen LogP contribution < -0.4 is 9.64 Å². The number of carbonyl (C=O) groups excluding carboxylic acids is 1. The van der Waals surface area contributed by atoms with Crippen molar-refractivity contribution in [1.82, 2.24) is 14.8 Å². The van der Waals surface area contributed by atoms with Gasteiger partial charge in [-0.3, -0.25) is 19.6 Å². The summed E-state index contributed by atoms with van der Waals surface area (Å²) < 4.78 is 5.53. The zero-order valence-electron chi connectivity index (χ0n) is 12.6. The summed E-state index contributed by atoms with van der Waals surface area (Å²) in [5.74, 6) is 0.779. The molecule has 120 valence electrons. The number of amides is 1. The molecule has 22 heavy (non-hydrogen) atoms. The number of aliphatic hydroxyl groups is 1. The molecule has 1 aromatic heterocycles. The molecular formula is C15H22N4O3. The predicted octanol–water partition coefficient (Wildman–Crippen LogP) is -0.583. The lowest BCUT2D eigenvalue weighted by Gasteiger charge is -2.36. The van der Waals surface area contributed by atoms with E-state index in [1.54, 1.807) is 17.3 Å². The third kappa shape index (κ3) is 3.37. The van der Waals surface area contributed by atoms with Crippen molar-refractivity contribution in [3.63, 3.8) is 0 Å². The molecule has 0 radical (unpaired) electrons. The van der Waals surface area contributed by atoms with E-state index >= 15 is 0 Å². The molecular weight excluding hydrogens is 284 g/mol. The molecule has 0 aliphatic carbocycles. The third-order valence-corrected chi connectivity index (χ3v) is 4.17. The molecule has 7 heteroatoms. The van der Waals surface area contributed by atoms with Crippen LogP contribution in [-0.4, -0.2) is 84.8 Å². The molecule has 0 unspecified atom stereocenters. The van der Waals surface area contributed by atoms with E-state index in [1.165, 1.54) is 0 Å². The number of carbonyl (C=O) groups is 1. The van der Waals surface area contributed by atoms with E-state index in [1.807, 2.05) is 6.07 Å².